The van der Waals surface area contributed by atoms with E-state index in [4.69, 9.17) is 33.7 Å². The molecule has 3 aliphatic rings. The molecule has 14 heteroatoms. The van der Waals surface area contributed by atoms with Crippen LogP contribution < -0.4 is 21.7 Å². The van der Waals surface area contributed by atoms with E-state index < -0.39 is 92.8 Å². The number of alkyl halides is 2. The zero-order chi connectivity index (χ0) is 33.5. The van der Waals surface area contributed by atoms with Gasteiger partial charge in [-0.05, 0) is 49.4 Å². The summed E-state index contributed by atoms with van der Waals surface area (Å²) in [5.74, 6) is -4.45. The number of amides is 5. The molecule has 2 saturated carbocycles. The third kappa shape index (κ3) is 8.35. The number of esters is 1. The van der Waals surface area contributed by atoms with Crippen molar-refractivity contribution in [2.75, 3.05) is 6.54 Å². The number of nitrogens with zero attached hydrogens (tertiary/aromatic N) is 1. The van der Waals surface area contributed by atoms with Crippen LogP contribution in [0.2, 0.25) is 0 Å². The molecule has 248 valence electrons. The minimum atomic E-state index is -1.16. The number of likely N-dealkylation sites (tertiary alicyclic amines) is 1. The van der Waals surface area contributed by atoms with Crippen molar-refractivity contribution >= 4 is 58.7 Å². The van der Waals surface area contributed by atoms with Gasteiger partial charge in [-0.15, -0.1) is 23.2 Å². The SMILES string of the molecule is CC(C)OC(=O)[C@@H](NC(=O)N[C@H](C(=O)N1C[C@H]2[C@H](CC2(Cl)Cl)[C@H]1C(=O)NC(CC1CC1)C(=O)C(N)=O)C(C)(C)C)C(C)(C)C. The molecule has 0 spiro atoms. The fraction of sp³-hybridized carbons (Fsp3) is 0.800. The van der Waals surface area contributed by atoms with Gasteiger partial charge in [-0.1, -0.05) is 54.4 Å². The molecule has 3 rings (SSSR count). The molecule has 1 heterocycles. The highest BCUT2D eigenvalue weighted by atomic mass is 35.5. The summed E-state index contributed by atoms with van der Waals surface area (Å²) < 4.78 is 4.18. The first-order valence-electron chi connectivity index (χ1n) is 15.1. The van der Waals surface area contributed by atoms with Gasteiger partial charge in [-0.2, -0.15) is 0 Å². The zero-order valence-electron chi connectivity index (χ0n) is 26.8. The van der Waals surface area contributed by atoms with Crippen molar-refractivity contribution in [2.45, 2.75) is 116 Å². The number of ether oxygens (including phenoxy) is 1. The first kappa shape index (κ1) is 35.9. The van der Waals surface area contributed by atoms with E-state index in [1.54, 1.807) is 55.4 Å². The van der Waals surface area contributed by atoms with Crippen molar-refractivity contribution in [1.82, 2.24) is 20.9 Å². The first-order valence-corrected chi connectivity index (χ1v) is 15.9. The van der Waals surface area contributed by atoms with Gasteiger partial charge in [-0.25, -0.2) is 9.59 Å². The number of hydrogen-bond donors (Lipinski definition) is 4. The smallest absolute Gasteiger partial charge is 0.329 e. The molecular formula is C30H47Cl2N5O7. The van der Waals surface area contributed by atoms with Gasteiger partial charge in [0.25, 0.3) is 5.91 Å². The molecule has 0 bridgehead atoms. The maximum atomic E-state index is 14.2. The predicted molar refractivity (Wildman–Crippen MR) is 164 cm³/mol. The minimum Gasteiger partial charge on any atom is -0.461 e. The van der Waals surface area contributed by atoms with Crippen LogP contribution in [0.15, 0.2) is 0 Å². The molecule has 2 aliphatic carbocycles. The molecule has 0 aromatic heterocycles. The number of rotatable bonds is 11. The van der Waals surface area contributed by atoms with Crippen LogP contribution in [-0.4, -0.2) is 81.6 Å². The standard InChI is InChI=1S/C30H47Cl2N5O7/c1-14(2)44-26(42)22(29(6,7)8)36-27(43)35-21(28(3,4)5)25(41)37-13-17-16(12-30(17,31)32)19(37)24(40)34-18(11-15-9-10-15)20(38)23(33)39/h14-19,21-22H,9-13H2,1-8H3,(H2,33,39)(H,34,40)(H2,35,36,43)/t16-,17-,18?,19-,21+,22+/m0/s1. The number of nitrogens with one attached hydrogen (secondary N) is 3. The molecule has 0 aromatic carbocycles. The second-order valence-corrected chi connectivity index (χ2v) is 16.4. The van der Waals surface area contributed by atoms with Gasteiger partial charge in [0.05, 0.1) is 12.1 Å². The Morgan fingerprint density at radius 3 is 1.93 bits per heavy atom. The number of carbonyl (C=O) groups excluding carboxylic acids is 6. The van der Waals surface area contributed by atoms with E-state index in [0.29, 0.717) is 0 Å². The Morgan fingerprint density at radius 1 is 0.932 bits per heavy atom. The van der Waals surface area contributed by atoms with E-state index in [1.165, 1.54) is 4.90 Å². The molecule has 0 aromatic rings. The topological polar surface area (TPSA) is 177 Å². The van der Waals surface area contributed by atoms with E-state index in [2.05, 4.69) is 16.0 Å². The lowest BCUT2D eigenvalue weighted by atomic mass is 9.71. The highest BCUT2D eigenvalue weighted by Gasteiger charge is 2.64. The summed E-state index contributed by atoms with van der Waals surface area (Å²) in [4.78, 5) is 79.8. The summed E-state index contributed by atoms with van der Waals surface area (Å²) in [7, 11) is 0. The van der Waals surface area contributed by atoms with Crippen LogP contribution >= 0.6 is 23.2 Å². The third-order valence-electron chi connectivity index (χ3n) is 8.51. The predicted octanol–water partition coefficient (Wildman–Crippen LogP) is 2.43. The van der Waals surface area contributed by atoms with Gasteiger partial charge in [-0.3, -0.25) is 19.2 Å². The van der Waals surface area contributed by atoms with Gasteiger partial charge >= 0.3 is 12.0 Å². The summed E-state index contributed by atoms with van der Waals surface area (Å²) >= 11 is 13.0. The second-order valence-electron chi connectivity index (χ2n) is 14.8. The van der Waals surface area contributed by atoms with Crippen molar-refractivity contribution in [3.8, 4) is 0 Å². The lowest BCUT2D eigenvalue weighted by Crippen LogP contribution is -2.62. The van der Waals surface area contributed by atoms with Crippen molar-refractivity contribution in [3.05, 3.63) is 0 Å². The lowest BCUT2D eigenvalue weighted by molar-refractivity contribution is -0.152. The summed E-state index contributed by atoms with van der Waals surface area (Å²) in [6.45, 7) is 14.1. The number of Topliss-reactive ketones (excluding diaryl/α,β-unsaturated/α-hetero) is 1. The molecule has 12 nitrogen and oxygen atoms in total. The first-order chi connectivity index (χ1) is 20.0. The van der Waals surface area contributed by atoms with E-state index in [-0.39, 0.29) is 25.3 Å². The van der Waals surface area contributed by atoms with Crippen LogP contribution in [0.4, 0.5) is 4.79 Å². The Hall–Kier alpha value is -2.60. The van der Waals surface area contributed by atoms with Crippen LogP contribution in [0.1, 0.15) is 81.1 Å². The van der Waals surface area contributed by atoms with Gasteiger partial charge in [0.15, 0.2) is 0 Å². The average molecular weight is 661 g/mol. The fourth-order valence-corrected chi connectivity index (χ4v) is 6.69. The molecule has 6 atom stereocenters. The van der Waals surface area contributed by atoms with E-state index in [9.17, 15) is 28.8 Å². The maximum absolute atomic E-state index is 14.2. The summed E-state index contributed by atoms with van der Waals surface area (Å²) in [6, 6.07) is -5.06. The van der Waals surface area contributed by atoms with Crippen molar-refractivity contribution in [3.63, 3.8) is 0 Å². The highest BCUT2D eigenvalue weighted by molar-refractivity contribution is 6.49. The van der Waals surface area contributed by atoms with Crippen LogP contribution in [0, 0.1) is 28.6 Å². The highest BCUT2D eigenvalue weighted by Crippen LogP contribution is 2.58. The van der Waals surface area contributed by atoms with Crippen LogP contribution in [0.5, 0.6) is 0 Å². The minimum absolute atomic E-state index is 0.0485. The number of nitrogens with two attached hydrogens (primary N) is 1. The monoisotopic (exact) mass is 659 g/mol. The number of hydrogen-bond acceptors (Lipinski definition) is 7. The maximum Gasteiger partial charge on any atom is 0.329 e. The molecule has 1 aliphatic heterocycles. The average Bonchev–Trinajstić information content (AvgIpc) is 3.61. The molecular weight excluding hydrogens is 613 g/mol. The molecule has 1 unspecified atom stereocenters. The third-order valence-corrected chi connectivity index (χ3v) is 9.38. The molecule has 5 N–H and O–H groups in total. The molecule has 0 radical (unpaired) electrons. The quantitative estimate of drug-likeness (QED) is 0.149. The number of urea groups is 1. The number of halogens is 2. The largest absolute Gasteiger partial charge is 0.461 e. The Bertz CT molecular complexity index is 1180. The van der Waals surface area contributed by atoms with E-state index in [1.807, 2.05) is 0 Å². The van der Waals surface area contributed by atoms with Crippen LogP contribution in [0.3, 0.4) is 0 Å². The van der Waals surface area contributed by atoms with Crippen LogP contribution in [-0.2, 0) is 28.7 Å². The number of fused-ring (bicyclic) bond motifs is 1. The molecule has 1 saturated heterocycles. The zero-order valence-corrected chi connectivity index (χ0v) is 28.3. The van der Waals surface area contributed by atoms with E-state index in [0.717, 1.165) is 12.8 Å². The number of primary amides is 1. The molecule has 3 fully saturated rings. The second kappa shape index (κ2) is 13.0. The Morgan fingerprint density at radius 2 is 1.48 bits per heavy atom. The Kier molecular flexibility index (Phi) is 10.6. The number of carbonyl (C=O) groups is 6. The Balaban J connectivity index is 1.86. The summed E-state index contributed by atoms with van der Waals surface area (Å²) in [6.07, 6.45) is 1.87. The lowest BCUT2D eigenvalue weighted by Gasteiger charge is -2.44. The van der Waals surface area contributed by atoms with Gasteiger partial charge < -0.3 is 31.3 Å². The van der Waals surface area contributed by atoms with Gasteiger partial charge in [0, 0.05) is 12.5 Å². The fourth-order valence-electron chi connectivity index (χ4n) is 5.88. The van der Waals surface area contributed by atoms with E-state index >= 15 is 0 Å². The van der Waals surface area contributed by atoms with Crippen molar-refractivity contribution in [2.24, 2.45) is 34.3 Å². The summed E-state index contributed by atoms with van der Waals surface area (Å²) in [5.41, 5.74) is 3.72. The normalized spacial score (nSPS) is 24.7. The number of ketones is 1. The molecule has 44 heavy (non-hydrogen) atoms. The van der Waals surface area contributed by atoms with Crippen molar-refractivity contribution < 1.29 is 33.5 Å². The van der Waals surface area contributed by atoms with Crippen molar-refractivity contribution in [1.29, 1.82) is 0 Å². The van der Waals surface area contributed by atoms with Gasteiger partial charge in [0.2, 0.25) is 17.6 Å². The Labute approximate surface area is 269 Å². The van der Waals surface area contributed by atoms with Crippen LogP contribution in [0.25, 0.3) is 0 Å². The molecule has 5 amide bonds. The summed E-state index contributed by atoms with van der Waals surface area (Å²) in [5, 5.41) is 8.06. The van der Waals surface area contributed by atoms with Gasteiger partial charge in [0.1, 0.15) is 22.5 Å².